The average Bonchev–Trinajstić information content (AvgIpc) is 3.51. The van der Waals surface area contributed by atoms with Crippen molar-refractivity contribution in [1.82, 2.24) is 19.9 Å². The summed E-state index contributed by atoms with van der Waals surface area (Å²) in [5.74, 6) is 0.809. The fraction of sp³-hybridized carbons (Fsp3) is 0.321. The molecule has 1 amide bonds. The second kappa shape index (κ2) is 9.21. The average molecular weight is 507 g/mol. The number of benzene rings is 2. The Balaban J connectivity index is 1.31. The van der Waals surface area contributed by atoms with Gasteiger partial charge in [-0.1, -0.05) is 12.5 Å². The van der Waals surface area contributed by atoms with E-state index < -0.39 is 6.36 Å². The Bertz CT molecular complexity index is 1430. The van der Waals surface area contributed by atoms with E-state index in [1.54, 1.807) is 6.20 Å². The number of pyridine rings is 1. The number of imidazole rings is 1. The van der Waals surface area contributed by atoms with Crippen molar-refractivity contribution in [3.8, 4) is 17.1 Å². The summed E-state index contributed by atoms with van der Waals surface area (Å²) in [6.07, 6.45) is 2.90. The molecular weight excluding hydrogens is 481 g/mol. The highest BCUT2D eigenvalue weighted by Gasteiger charge is 2.34. The summed E-state index contributed by atoms with van der Waals surface area (Å²) in [4.78, 5) is 28.0. The first-order chi connectivity index (χ1) is 17.9. The summed E-state index contributed by atoms with van der Waals surface area (Å²) < 4.78 is 41.5. The summed E-state index contributed by atoms with van der Waals surface area (Å²) in [5, 5.41) is 0. The third-order valence-corrected chi connectivity index (χ3v) is 7.43. The van der Waals surface area contributed by atoms with Gasteiger partial charge in [0.15, 0.2) is 0 Å². The van der Waals surface area contributed by atoms with Crippen molar-refractivity contribution in [2.45, 2.75) is 43.9 Å². The highest BCUT2D eigenvalue weighted by atomic mass is 19.4. The molecule has 1 aliphatic carbocycles. The van der Waals surface area contributed by atoms with E-state index in [1.807, 2.05) is 29.3 Å². The standard InChI is InChI=1S/C28H25F3N4O2/c29-28(30,31)37-21-8-6-18(7-9-21)26-33-23-11-10-22(24(25(23)34-26)17-3-1-4-17)27(36)35-14-12-20(16-35)19-5-2-13-32-15-19/h2,5-11,13,15,17,20H,1,3-4,12,14,16H2,(H,33,34). The van der Waals surface area contributed by atoms with Crippen LogP contribution in [-0.4, -0.2) is 45.2 Å². The third-order valence-electron chi connectivity index (χ3n) is 7.43. The minimum atomic E-state index is -4.74. The molecule has 190 valence electrons. The molecule has 37 heavy (non-hydrogen) atoms. The van der Waals surface area contributed by atoms with Crippen LogP contribution >= 0.6 is 0 Å². The normalized spacial score (nSPS) is 18.2. The number of carbonyl (C=O) groups excluding carboxylic acids is 1. The van der Waals surface area contributed by atoms with Crippen molar-refractivity contribution in [3.05, 3.63) is 77.6 Å². The molecule has 1 saturated carbocycles. The maximum atomic E-state index is 13.7. The second-order valence-electron chi connectivity index (χ2n) is 9.73. The van der Waals surface area contributed by atoms with Gasteiger partial charge in [0.2, 0.25) is 0 Å². The lowest BCUT2D eigenvalue weighted by Gasteiger charge is -2.29. The van der Waals surface area contributed by atoms with Crippen molar-refractivity contribution in [2.24, 2.45) is 0 Å². The zero-order valence-electron chi connectivity index (χ0n) is 20.0. The Morgan fingerprint density at radius 3 is 2.51 bits per heavy atom. The predicted octanol–water partition coefficient (Wildman–Crippen LogP) is 6.42. The van der Waals surface area contributed by atoms with E-state index in [4.69, 9.17) is 4.98 Å². The number of likely N-dealkylation sites (tertiary alicyclic amines) is 1. The lowest BCUT2D eigenvalue weighted by atomic mass is 9.77. The van der Waals surface area contributed by atoms with Gasteiger partial charge in [-0.3, -0.25) is 9.78 Å². The molecule has 2 fully saturated rings. The van der Waals surface area contributed by atoms with E-state index >= 15 is 0 Å². The zero-order valence-corrected chi connectivity index (χ0v) is 20.0. The van der Waals surface area contributed by atoms with Crippen LogP contribution in [-0.2, 0) is 0 Å². The van der Waals surface area contributed by atoms with E-state index in [-0.39, 0.29) is 23.5 Å². The van der Waals surface area contributed by atoms with E-state index in [1.165, 1.54) is 24.3 Å². The topological polar surface area (TPSA) is 71.1 Å². The first kappa shape index (κ1) is 23.5. The highest BCUT2D eigenvalue weighted by Crippen LogP contribution is 2.42. The van der Waals surface area contributed by atoms with Gasteiger partial charge in [0, 0.05) is 42.5 Å². The third kappa shape index (κ3) is 4.65. The Hall–Kier alpha value is -3.88. The van der Waals surface area contributed by atoms with Gasteiger partial charge in [-0.2, -0.15) is 0 Å². The number of carbonyl (C=O) groups is 1. The van der Waals surface area contributed by atoms with Crippen LogP contribution in [0, 0.1) is 0 Å². The number of amides is 1. The first-order valence-corrected chi connectivity index (χ1v) is 12.4. The second-order valence-corrected chi connectivity index (χ2v) is 9.73. The van der Waals surface area contributed by atoms with Crippen LogP contribution in [0.15, 0.2) is 60.9 Å². The number of hydrogen-bond acceptors (Lipinski definition) is 4. The van der Waals surface area contributed by atoms with Gasteiger partial charge in [-0.05, 0) is 78.8 Å². The largest absolute Gasteiger partial charge is 0.573 e. The van der Waals surface area contributed by atoms with E-state index in [0.29, 0.717) is 30.0 Å². The number of fused-ring (bicyclic) bond motifs is 1. The molecule has 2 aromatic heterocycles. The van der Waals surface area contributed by atoms with Crippen LogP contribution in [0.25, 0.3) is 22.4 Å². The number of nitrogens with zero attached hydrogens (tertiary/aromatic N) is 3. The number of ether oxygens (including phenoxy) is 1. The molecule has 2 aromatic carbocycles. The molecule has 1 N–H and O–H groups in total. The fourth-order valence-electron chi connectivity index (χ4n) is 5.35. The van der Waals surface area contributed by atoms with Crippen molar-refractivity contribution in [2.75, 3.05) is 13.1 Å². The number of hydrogen-bond donors (Lipinski definition) is 1. The zero-order chi connectivity index (χ0) is 25.6. The summed E-state index contributed by atoms with van der Waals surface area (Å²) >= 11 is 0. The molecule has 6 rings (SSSR count). The quantitative estimate of drug-likeness (QED) is 0.339. The lowest BCUT2D eigenvalue weighted by Crippen LogP contribution is -2.30. The highest BCUT2D eigenvalue weighted by molar-refractivity contribution is 6.01. The molecule has 4 aromatic rings. The molecule has 1 aliphatic heterocycles. The Morgan fingerprint density at radius 1 is 1.03 bits per heavy atom. The van der Waals surface area contributed by atoms with Crippen LogP contribution in [0.2, 0.25) is 0 Å². The molecule has 1 unspecified atom stereocenters. The smallest absolute Gasteiger partial charge is 0.406 e. The SMILES string of the molecule is O=C(c1ccc2[nH]c(-c3ccc(OC(F)(F)F)cc3)nc2c1C1CCC1)N1CCC(c2cccnc2)C1. The van der Waals surface area contributed by atoms with Gasteiger partial charge >= 0.3 is 6.36 Å². The van der Waals surface area contributed by atoms with Gasteiger partial charge in [0.1, 0.15) is 11.6 Å². The van der Waals surface area contributed by atoms with Gasteiger partial charge in [-0.25, -0.2) is 4.98 Å². The molecule has 1 atom stereocenters. The lowest BCUT2D eigenvalue weighted by molar-refractivity contribution is -0.274. The molecule has 3 heterocycles. The monoisotopic (exact) mass is 506 g/mol. The van der Waals surface area contributed by atoms with Gasteiger partial charge in [-0.15, -0.1) is 13.2 Å². The molecule has 0 spiro atoms. The van der Waals surface area contributed by atoms with Gasteiger partial charge in [0.25, 0.3) is 5.91 Å². The maximum absolute atomic E-state index is 13.7. The molecule has 2 aliphatic rings. The summed E-state index contributed by atoms with van der Waals surface area (Å²) in [6, 6.07) is 13.4. The van der Waals surface area contributed by atoms with Crippen molar-refractivity contribution >= 4 is 16.9 Å². The Kier molecular flexibility index (Phi) is 5.85. The van der Waals surface area contributed by atoms with Crippen LogP contribution < -0.4 is 4.74 Å². The minimum Gasteiger partial charge on any atom is -0.406 e. The summed E-state index contributed by atoms with van der Waals surface area (Å²) in [7, 11) is 0. The van der Waals surface area contributed by atoms with E-state index in [9.17, 15) is 18.0 Å². The number of halogens is 3. The Morgan fingerprint density at radius 2 is 1.84 bits per heavy atom. The molecule has 0 bridgehead atoms. The predicted molar refractivity (Wildman–Crippen MR) is 132 cm³/mol. The number of rotatable bonds is 5. The molecule has 1 saturated heterocycles. The Labute approximate surface area is 211 Å². The number of H-pyrrole nitrogens is 1. The van der Waals surface area contributed by atoms with Crippen molar-refractivity contribution in [3.63, 3.8) is 0 Å². The van der Waals surface area contributed by atoms with E-state index in [0.717, 1.165) is 47.8 Å². The van der Waals surface area contributed by atoms with Crippen LogP contribution in [0.4, 0.5) is 13.2 Å². The minimum absolute atomic E-state index is 0.0217. The molecular formula is C28H25F3N4O2. The molecule has 9 heteroatoms. The van der Waals surface area contributed by atoms with Crippen molar-refractivity contribution < 1.29 is 22.7 Å². The summed E-state index contributed by atoms with van der Waals surface area (Å²) in [6.45, 7) is 1.35. The van der Waals surface area contributed by atoms with Gasteiger partial charge < -0.3 is 14.6 Å². The van der Waals surface area contributed by atoms with Crippen LogP contribution in [0.3, 0.4) is 0 Å². The summed E-state index contributed by atoms with van der Waals surface area (Å²) in [5.41, 5.74) is 5.00. The van der Waals surface area contributed by atoms with Gasteiger partial charge in [0.05, 0.1) is 11.0 Å². The number of aromatic amines is 1. The first-order valence-electron chi connectivity index (χ1n) is 12.4. The van der Waals surface area contributed by atoms with Crippen molar-refractivity contribution in [1.29, 1.82) is 0 Å². The number of nitrogens with one attached hydrogen (secondary N) is 1. The molecule has 6 nitrogen and oxygen atoms in total. The number of aromatic nitrogens is 3. The van der Waals surface area contributed by atoms with Crippen LogP contribution in [0.5, 0.6) is 5.75 Å². The van der Waals surface area contributed by atoms with E-state index in [2.05, 4.69) is 20.8 Å². The number of alkyl halides is 3. The fourth-order valence-corrected chi connectivity index (χ4v) is 5.35. The maximum Gasteiger partial charge on any atom is 0.573 e. The van der Waals surface area contributed by atoms with Crippen LogP contribution in [0.1, 0.15) is 59.0 Å². The molecule has 0 radical (unpaired) electrons.